The third-order valence-corrected chi connectivity index (χ3v) is 5.12. The second kappa shape index (κ2) is 6.97. The highest BCUT2D eigenvalue weighted by atomic mass is 32.2. The van der Waals surface area contributed by atoms with E-state index in [9.17, 15) is 0 Å². The molecule has 0 aliphatic carbocycles. The molecule has 4 nitrogen and oxygen atoms in total. The molecule has 3 rings (SSSR count). The van der Waals surface area contributed by atoms with Crippen molar-refractivity contribution < 1.29 is 4.74 Å². The highest BCUT2D eigenvalue weighted by Crippen LogP contribution is 2.23. The average Bonchev–Trinajstić information content (AvgIpc) is 2.75. The predicted molar refractivity (Wildman–Crippen MR) is 79.9 cm³/mol. The lowest BCUT2D eigenvalue weighted by Gasteiger charge is -2.46. The maximum absolute atomic E-state index is 5.51. The number of ether oxygens (including phenoxy) is 1. The maximum atomic E-state index is 5.51. The second-order valence-corrected chi connectivity index (χ2v) is 6.62. The van der Waals surface area contributed by atoms with E-state index in [0.29, 0.717) is 6.17 Å². The molecule has 108 valence electrons. The monoisotopic (exact) mass is 283 g/mol. The van der Waals surface area contributed by atoms with Crippen LogP contribution in [0.15, 0.2) is 12.3 Å². The van der Waals surface area contributed by atoms with Gasteiger partial charge in [-0.1, -0.05) is 6.08 Å². The van der Waals surface area contributed by atoms with Crippen LogP contribution >= 0.6 is 11.8 Å². The summed E-state index contributed by atoms with van der Waals surface area (Å²) >= 11 is 2.08. The van der Waals surface area contributed by atoms with Gasteiger partial charge in [-0.25, -0.2) is 5.01 Å². The Morgan fingerprint density at radius 3 is 2.63 bits per heavy atom. The van der Waals surface area contributed by atoms with Crippen molar-refractivity contribution in [2.24, 2.45) is 0 Å². The quantitative estimate of drug-likeness (QED) is 0.764. The standard InChI is InChI=1S/C14H25N3OS/c1-2-4-14(15-6-10-18-11-7-15)17(5-3-1)16-8-12-19-13-9-16/h3,5,14H,1-2,4,6-13H2. The van der Waals surface area contributed by atoms with Gasteiger partial charge in [0.15, 0.2) is 0 Å². The first-order chi connectivity index (χ1) is 9.45. The number of hydrogen-bond donors (Lipinski definition) is 0. The Kier molecular flexibility index (Phi) is 5.04. The fourth-order valence-electron chi connectivity index (χ4n) is 3.13. The SMILES string of the molecule is C1=CN(N2CCSCC2)C(N2CCOCC2)CCC1. The van der Waals surface area contributed by atoms with Crippen molar-refractivity contribution in [2.75, 3.05) is 50.9 Å². The smallest absolute Gasteiger partial charge is 0.0970 e. The zero-order valence-electron chi connectivity index (χ0n) is 11.7. The third kappa shape index (κ3) is 3.45. The summed E-state index contributed by atoms with van der Waals surface area (Å²) in [6.07, 6.45) is 9.03. The Labute approximate surface area is 120 Å². The molecule has 0 bridgehead atoms. The van der Waals surface area contributed by atoms with Crippen molar-refractivity contribution in [2.45, 2.75) is 25.4 Å². The van der Waals surface area contributed by atoms with Crippen LogP contribution in [0.2, 0.25) is 0 Å². The number of allylic oxidation sites excluding steroid dienone is 1. The zero-order chi connectivity index (χ0) is 12.9. The topological polar surface area (TPSA) is 19.0 Å². The molecular formula is C14H25N3OS. The van der Waals surface area contributed by atoms with E-state index < -0.39 is 0 Å². The van der Waals surface area contributed by atoms with Crippen molar-refractivity contribution in [1.29, 1.82) is 0 Å². The fraction of sp³-hybridized carbons (Fsp3) is 0.857. The molecule has 2 saturated heterocycles. The number of nitrogens with zero attached hydrogens (tertiary/aromatic N) is 3. The second-order valence-electron chi connectivity index (χ2n) is 5.39. The molecule has 0 radical (unpaired) electrons. The van der Waals surface area contributed by atoms with Crippen molar-refractivity contribution in [3.8, 4) is 0 Å². The molecule has 3 aliphatic heterocycles. The Balaban J connectivity index is 1.71. The minimum absolute atomic E-state index is 0.547. The Morgan fingerprint density at radius 2 is 1.84 bits per heavy atom. The van der Waals surface area contributed by atoms with Gasteiger partial charge in [0.2, 0.25) is 0 Å². The van der Waals surface area contributed by atoms with Crippen LogP contribution in [0, 0.1) is 0 Å². The number of morpholine rings is 1. The molecule has 3 aliphatic rings. The summed E-state index contributed by atoms with van der Waals surface area (Å²) in [6.45, 7) is 6.33. The van der Waals surface area contributed by atoms with E-state index in [1.165, 1.54) is 43.9 Å². The molecule has 0 aromatic heterocycles. The van der Waals surface area contributed by atoms with E-state index in [4.69, 9.17) is 4.74 Å². The van der Waals surface area contributed by atoms with Gasteiger partial charge >= 0.3 is 0 Å². The van der Waals surface area contributed by atoms with Crippen LogP contribution in [-0.2, 0) is 4.74 Å². The summed E-state index contributed by atoms with van der Waals surface area (Å²) < 4.78 is 5.51. The van der Waals surface area contributed by atoms with Gasteiger partial charge < -0.3 is 4.74 Å². The number of hydrazine groups is 1. The summed E-state index contributed by atoms with van der Waals surface area (Å²) in [5.41, 5.74) is 0. The number of hydrogen-bond acceptors (Lipinski definition) is 5. The minimum Gasteiger partial charge on any atom is -0.379 e. The van der Waals surface area contributed by atoms with E-state index in [1.807, 2.05) is 0 Å². The lowest BCUT2D eigenvalue weighted by Crippen LogP contribution is -2.57. The molecule has 0 aromatic carbocycles. The zero-order valence-corrected chi connectivity index (χ0v) is 12.5. The van der Waals surface area contributed by atoms with Gasteiger partial charge in [-0.2, -0.15) is 11.8 Å². The molecular weight excluding hydrogens is 258 g/mol. The number of thioether (sulfide) groups is 1. The molecule has 5 heteroatoms. The van der Waals surface area contributed by atoms with Gasteiger partial charge in [0.05, 0.1) is 19.4 Å². The first-order valence-electron chi connectivity index (χ1n) is 7.54. The molecule has 0 aromatic rings. The molecule has 1 unspecified atom stereocenters. The largest absolute Gasteiger partial charge is 0.379 e. The first-order valence-corrected chi connectivity index (χ1v) is 8.70. The van der Waals surface area contributed by atoms with E-state index in [1.54, 1.807) is 0 Å². The summed E-state index contributed by atoms with van der Waals surface area (Å²) in [5.74, 6) is 2.53. The fourth-order valence-corrected chi connectivity index (χ4v) is 4.01. The van der Waals surface area contributed by atoms with Gasteiger partial charge in [-0.05, 0) is 19.3 Å². The Bertz CT molecular complexity index is 301. The van der Waals surface area contributed by atoms with E-state index in [-0.39, 0.29) is 0 Å². The molecule has 0 saturated carbocycles. The van der Waals surface area contributed by atoms with Gasteiger partial charge in [0, 0.05) is 43.9 Å². The van der Waals surface area contributed by atoms with Crippen molar-refractivity contribution in [1.82, 2.24) is 14.9 Å². The van der Waals surface area contributed by atoms with E-state index in [0.717, 1.165) is 26.3 Å². The first kappa shape index (κ1) is 13.7. The van der Waals surface area contributed by atoms with Gasteiger partial charge in [-0.3, -0.25) is 9.91 Å². The van der Waals surface area contributed by atoms with Crippen LogP contribution in [0.4, 0.5) is 0 Å². The minimum atomic E-state index is 0.547. The van der Waals surface area contributed by atoms with Crippen LogP contribution in [0.5, 0.6) is 0 Å². The van der Waals surface area contributed by atoms with Crippen molar-refractivity contribution in [3.63, 3.8) is 0 Å². The predicted octanol–water partition coefficient (Wildman–Crippen LogP) is 1.61. The summed E-state index contributed by atoms with van der Waals surface area (Å²) in [6, 6.07) is 0. The normalized spacial score (nSPS) is 31.4. The average molecular weight is 283 g/mol. The lowest BCUT2D eigenvalue weighted by atomic mass is 10.2. The summed E-state index contributed by atoms with van der Waals surface area (Å²) in [5, 5.41) is 5.08. The lowest BCUT2D eigenvalue weighted by molar-refractivity contribution is -0.0988. The maximum Gasteiger partial charge on any atom is 0.0970 e. The van der Waals surface area contributed by atoms with E-state index in [2.05, 4.69) is 39.0 Å². The molecule has 2 fully saturated rings. The van der Waals surface area contributed by atoms with Crippen LogP contribution in [0.25, 0.3) is 0 Å². The molecule has 0 amide bonds. The van der Waals surface area contributed by atoms with Gasteiger partial charge in [0.1, 0.15) is 0 Å². The van der Waals surface area contributed by atoms with Crippen LogP contribution in [0.1, 0.15) is 19.3 Å². The van der Waals surface area contributed by atoms with E-state index >= 15 is 0 Å². The third-order valence-electron chi connectivity index (χ3n) is 4.18. The van der Waals surface area contributed by atoms with Crippen LogP contribution in [0.3, 0.4) is 0 Å². The summed E-state index contributed by atoms with van der Waals surface area (Å²) in [4.78, 5) is 2.61. The summed E-state index contributed by atoms with van der Waals surface area (Å²) in [7, 11) is 0. The molecule has 19 heavy (non-hydrogen) atoms. The van der Waals surface area contributed by atoms with Gasteiger partial charge in [-0.15, -0.1) is 0 Å². The molecule has 0 spiro atoms. The highest BCUT2D eigenvalue weighted by Gasteiger charge is 2.29. The van der Waals surface area contributed by atoms with Crippen molar-refractivity contribution >= 4 is 11.8 Å². The number of rotatable bonds is 2. The highest BCUT2D eigenvalue weighted by molar-refractivity contribution is 7.99. The van der Waals surface area contributed by atoms with Crippen LogP contribution < -0.4 is 0 Å². The van der Waals surface area contributed by atoms with Crippen molar-refractivity contribution in [3.05, 3.63) is 12.3 Å². The Morgan fingerprint density at radius 1 is 1.05 bits per heavy atom. The Hall–Kier alpha value is -0.230. The van der Waals surface area contributed by atoms with Gasteiger partial charge in [0.25, 0.3) is 0 Å². The molecule has 3 heterocycles. The molecule has 1 atom stereocenters. The molecule has 0 N–H and O–H groups in total. The van der Waals surface area contributed by atoms with Crippen LogP contribution in [-0.4, -0.2) is 72.0 Å².